The standard InChI is InChI=1S/C24H27N5O3/c1-28-12-14-29(15-13-28)22-11-10-19(26-27-22)17-6-4-7-18(16-17)25-24(30)23-20(31-2)8-5-9-21(23)32-3/h4-11,16H,12-15H2,1-3H3,(H,25,30). The molecular formula is C24H27N5O3. The molecule has 1 aliphatic heterocycles. The summed E-state index contributed by atoms with van der Waals surface area (Å²) in [7, 11) is 5.18. The van der Waals surface area contributed by atoms with Gasteiger partial charge in [0.25, 0.3) is 5.91 Å². The van der Waals surface area contributed by atoms with E-state index in [9.17, 15) is 4.79 Å². The Labute approximate surface area is 187 Å². The molecule has 0 bridgehead atoms. The number of likely N-dealkylation sites (N-methyl/N-ethyl adjacent to an activating group) is 1. The summed E-state index contributed by atoms with van der Waals surface area (Å²) >= 11 is 0. The number of ether oxygens (including phenoxy) is 2. The van der Waals surface area contributed by atoms with Crippen LogP contribution < -0.4 is 19.7 Å². The quantitative estimate of drug-likeness (QED) is 0.640. The Balaban J connectivity index is 1.51. The molecule has 1 fully saturated rings. The van der Waals surface area contributed by atoms with Gasteiger partial charge < -0.3 is 24.6 Å². The van der Waals surface area contributed by atoms with Crippen LogP contribution in [0.3, 0.4) is 0 Å². The number of methoxy groups -OCH3 is 2. The van der Waals surface area contributed by atoms with Gasteiger partial charge in [-0.15, -0.1) is 10.2 Å². The van der Waals surface area contributed by atoms with Gasteiger partial charge in [0, 0.05) is 37.4 Å². The first-order valence-electron chi connectivity index (χ1n) is 10.5. The van der Waals surface area contributed by atoms with Gasteiger partial charge in [0.05, 0.1) is 19.9 Å². The molecule has 0 aliphatic carbocycles. The molecule has 0 radical (unpaired) electrons. The van der Waals surface area contributed by atoms with Gasteiger partial charge in [0.1, 0.15) is 17.1 Å². The van der Waals surface area contributed by atoms with Gasteiger partial charge in [-0.3, -0.25) is 4.79 Å². The summed E-state index contributed by atoms with van der Waals surface area (Å²) in [4.78, 5) is 17.5. The van der Waals surface area contributed by atoms with E-state index in [0.717, 1.165) is 43.3 Å². The minimum atomic E-state index is -0.312. The maximum absolute atomic E-state index is 13.0. The Bertz CT molecular complexity index is 1060. The summed E-state index contributed by atoms with van der Waals surface area (Å²) in [5.74, 6) is 1.47. The van der Waals surface area contributed by atoms with Gasteiger partial charge in [-0.2, -0.15) is 0 Å². The molecule has 0 spiro atoms. The lowest BCUT2D eigenvalue weighted by atomic mass is 10.1. The summed E-state index contributed by atoms with van der Waals surface area (Å²) in [6, 6.07) is 16.7. The molecule has 1 saturated heterocycles. The second-order valence-electron chi connectivity index (χ2n) is 7.64. The number of nitrogens with zero attached hydrogens (tertiary/aromatic N) is 4. The van der Waals surface area contributed by atoms with E-state index < -0.39 is 0 Å². The Morgan fingerprint density at radius 3 is 2.22 bits per heavy atom. The van der Waals surface area contributed by atoms with Crippen molar-refractivity contribution in [1.82, 2.24) is 15.1 Å². The van der Waals surface area contributed by atoms with Crippen molar-refractivity contribution in [3.63, 3.8) is 0 Å². The molecule has 8 heteroatoms. The summed E-state index contributed by atoms with van der Waals surface area (Å²) < 4.78 is 10.7. The molecule has 4 rings (SSSR count). The third kappa shape index (κ3) is 4.65. The topological polar surface area (TPSA) is 79.8 Å². The molecule has 8 nitrogen and oxygen atoms in total. The molecule has 32 heavy (non-hydrogen) atoms. The minimum absolute atomic E-state index is 0.312. The lowest BCUT2D eigenvalue weighted by Gasteiger charge is -2.32. The molecule has 2 aromatic carbocycles. The fourth-order valence-corrected chi connectivity index (χ4v) is 3.71. The number of benzene rings is 2. The Kier molecular flexibility index (Phi) is 6.51. The maximum Gasteiger partial charge on any atom is 0.263 e. The Hall–Kier alpha value is -3.65. The number of amides is 1. The molecule has 0 saturated carbocycles. The first-order valence-corrected chi connectivity index (χ1v) is 10.5. The average molecular weight is 434 g/mol. The molecule has 2 heterocycles. The molecule has 1 aliphatic rings. The summed E-state index contributed by atoms with van der Waals surface area (Å²) in [6.45, 7) is 3.92. The highest BCUT2D eigenvalue weighted by Crippen LogP contribution is 2.30. The number of anilines is 2. The van der Waals surface area contributed by atoms with Crippen molar-refractivity contribution in [1.29, 1.82) is 0 Å². The highest BCUT2D eigenvalue weighted by Gasteiger charge is 2.19. The van der Waals surface area contributed by atoms with Crippen LogP contribution in [0.15, 0.2) is 54.6 Å². The monoisotopic (exact) mass is 433 g/mol. The van der Waals surface area contributed by atoms with Crippen LogP contribution in [-0.4, -0.2) is 68.5 Å². The van der Waals surface area contributed by atoms with Crippen LogP contribution in [0.5, 0.6) is 11.5 Å². The van der Waals surface area contributed by atoms with Crippen molar-refractivity contribution in [3.8, 4) is 22.8 Å². The zero-order valence-electron chi connectivity index (χ0n) is 18.5. The first kappa shape index (κ1) is 21.6. The number of hydrogen-bond acceptors (Lipinski definition) is 7. The average Bonchev–Trinajstić information content (AvgIpc) is 2.84. The third-order valence-electron chi connectivity index (χ3n) is 5.55. The maximum atomic E-state index is 13.0. The van der Waals surface area contributed by atoms with E-state index >= 15 is 0 Å². The normalized spacial score (nSPS) is 14.2. The molecule has 1 amide bonds. The molecule has 0 atom stereocenters. The lowest BCUT2D eigenvalue weighted by Crippen LogP contribution is -2.44. The van der Waals surface area contributed by atoms with Crippen molar-refractivity contribution in [3.05, 3.63) is 60.2 Å². The summed E-state index contributed by atoms with van der Waals surface area (Å²) in [5.41, 5.74) is 2.60. The van der Waals surface area contributed by atoms with Crippen LogP contribution in [0.2, 0.25) is 0 Å². The van der Waals surface area contributed by atoms with Crippen LogP contribution in [0.1, 0.15) is 10.4 Å². The summed E-state index contributed by atoms with van der Waals surface area (Å²) in [6.07, 6.45) is 0. The fourth-order valence-electron chi connectivity index (χ4n) is 3.71. The van der Waals surface area contributed by atoms with E-state index in [-0.39, 0.29) is 5.91 Å². The Morgan fingerprint density at radius 1 is 0.906 bits per heavy atom. The number of carbonyl (C=O) groups excluding carboxylic acids is 1. The molecule has 166 valence electrons. The van der Waals surface area contributed by atoms with Crippen LogP contribution in [-0.2, 0) is 0 Å². The van der Waals surface area contributed by atoms with E-state index in [1.807, 2.05) is 36.4 Å². The van der Waals surface area contributed by atoms with Crippen LogP contribution in [0.25, 0.3) is 11.3 Å². The van der Waals surface area contributed by atoms with E-state index in [1.54, 1.807) is 18.2 Å². The molecular weight excluding hydrogens is 406 g/mol. The van der Waals surface area contributed by atoms with Crippen molar-refractivity contribution >= 4 is 17.4 Å². The predicted octanol–water partition coefficient (Wildman–Crippen LogP) is 3.16. The van der Waals surface area contributed by atoms with Gasteiger partial charge in [0.2, 0.25) is 0 Å². The highest BCUT2D eigenvalue weighted by molar-refractivity contribution is 6.08. The van der Waals surface area contributed by atoms with E-state index in [4.69, 9.17) is 9.47 Å². The Morgan fingerprint density at radius 2 is 1.59 bits per heavy atom. The zero-order valence-corrected chi connectivity index (χ0v) is 18.5. The molecule has 0 unspecified atom stereocenters. The van der Waals surface area contributed by atoms with Crippen molar-refractivity contribution in [2.24, 2.45) is 0 Å². The van der Waals surface area contributed by atoms with Crippen molar-refractivity contribution < 1.29 is 14.3 Å². The van der Waals surface area contributed by atoms with Crippen molar-refractivity contribution in [2.75, 3.05) is 57.7 Å². The number of piperazine rings is 1. The smallest absolute Gasteiger partial charge is 0.263 e. The zero-order chi connectivity index (χ0) is 22.5. The number of hydrogen-bond donors (Lipinski definition) is 1. The largest absolute Gasteiger partial charge is 0.496 e. The molecule has 1 aromatic heterocycles. The van der Waals surface area contributed by atoms with Gasteiger partial charge in [0.15, 0.2) is 5.82 Å². The van der Waals surface area contributed by atoms with Crippen LogP contribution >= 0.6 is 0 Å². The predicted molar refractivity (Wildman–Crippen MR) is 125 cm³/mol. The number of rotatable bonds is 6. The molecule has 1 N–H and O–H groups in total. The van der Waals surface area contributed by atoms with E-state index in [0.29, 0.717) is 22.7 Å². The third-order valence-corrected chi connectivity index (χ3v) is 5.55. The first-order chi connectivity index (χ1) is 15.6. The SMILES string of the molecule is COc1cccc(OC)c1C(=O)Nc1cccc(-c2ccc(N3CCN(C)CC3)nn2)c1. The minimum Gasteiger partial charge on any atom is -0.496 e. The van der Waals surface area contributed by atoms with Gasteiger partial charge in [-0.05, 0) is 43.4 Å². The number of carbonyl (C=O) groups is 1. The van der Waals surface area contributed by atoms with Gasteiger partial charge in [-0.1, -0.05) is 18.2 Å². The number of nitrogens with one attached hydrogen (secondary N) is 1. The van der Waals surface area contributed by atoms with E-state index in [2.05, 4.69) is 32.4 Å². The lowest BCUT2D eigenvalue weighted by molar-refractivity contribution is 0.102. The fraction of sp³-hybridized carbons (Fsp3) is 0.292. The van der Waals surface area contributed by atoms with Gasteiger partial charge >= 0.3 is 0 Å². The van der Waals surface area contributed by atoms with Crippen LogP contribution in [0, 0.1) is 0 Å². The summed E-state index contributed by atoms with van der Waals surface area (Å²) in [5, 5.41) is 11.8. The van der Waals surface area contributed by atoms with Gasteiger partial charge in [-0.25, -0.2) is 0 Å². The van der Waals surface area contributed by atoms with Crippen molar-refractivity contribution in [2.45, 2.75) is 0 Å². The van der Waals surface area contributed by atoms with Crippen LogP contribution in [0.4, 0.5) is 11.5 Å². The highest BCUT2D eigenvalue weighted by atomic mass is 16.5. The second kappa shape index (κ2) is 9.65. The number of aromatic nitrogens is 2. The molecule has 3 aromatic rings. The van der Waals surface area contributed by atoms with E-state index in [1.165, 1.54) is 14.2 Å². The second-order valence-corrected chi connectivity index (χ2v) is 7.64.